The highest BCUT2D eigenvalue weighted by Gasteiger charge is 2.16. The normalized spacial score (nSPS) is 12.5. The van der Waals surface area contributed by atoms with Gasteiger partial charge in [0.25, 0.3) is 0 Å². The summed E-state index contributed by atoms with van der Waals surface area (Å²) in [5.41, 5.74) is 2.26. The molecule has 0 fully saturated rings. The molecule has 0 aliphatic rings. The van der Waals surface area contributed by atoms with Gasteiger partial charge in [-0.3, -0.25) is 0 Å². The van der Waals surface area contributed by atoms with Crippen LogP contribution < -0.4 is 9.30 Å². The lowest BCUT2D eigenvalue weighted by atomic mass is 10.3. The van der Waals surface area contributed by atoms with E-state index in [4.69, 9.17) is 4.74 Å². The number of nitrogens with zero attached hydrogens (tertiary/aromatic N) is 2. The summed E-state index contributed by atoms with van der Waals surface area (Å²) in [6.07, 6.45) is 1.44. The molecular formula is C17H18IN2O2+. The standard InChI is InChI=1S/C17H18IN2O2/c1-19-12-20(17-5-3-2-4-16(17)19)10-14(21)11-22-15-8-6-13(18)7-9-15/h2-9,12,14,21H,10-11H2,1H3/q+1/t14-/m1/s1. The number of ether oxygens (including phenoxy) is 1. The molecule has 0 radical (unpaired) electrons. The number of aromatic nitrogens is 2. The number of para-hydroxylation sites is 2. The van der Waals surface area contributed by atoms with Crippen molar-refractivity contribution >= 4 is 33.6 Å². The highest BCUT2D eigenvalue weighted by atomic mass is 127. The Kier molecular flexibility index (Phi) is 4.63. The Hall–Kier alpha value is -1.60. The summed E-state index contributed by atoms with van der Waals surface area (Å²) in [7, 11) is 2.01. The van der Waals surface area contributed by atoms with Gasteiger partial charge in [-0.15, -0.1) is 0 Å². The molecule has 1 heterocycles. The molecule has 0 spiro atoms. The van der Waals surface area contributed by atoms with Crippen LogP contribution in [0.1, 0.15) is 0 Å². The Morgan fingerprint density at radius 2 is 1.91 bits per heavy atom. The second kappa shape index (κ2) is 6.66. The van der Waals surface area contributed by atoms with Crippen LogP contribution in [0.25, 0.3) is 11.0 Å². The summed E-state index contributed by atoms with van der Waals surface area (Å²) in [6, 6.07) is 16.0. The predicted octanol–water partition coefficient (Wildman–Crippen LogP) is 2.51. The van der Waals surface area contributed by atoms with Crippen molar-refractivity contribution in [2.75, 3.05) is 6.61 Å². The Labute approximate surface area is 143 Å². The van der Waals surface area contributed by atoms with Crippen molar-refractivity contribution in [3.05, 3.63) is 58.4 Å². The topological polar surface area (TPSA) is 38.3 Å². The van der Waals surface area contributed by atoms with Crippen LogP contribution in [-0.4, -0.2) is 22.4 Å². The molecule has 4 nitrogen and oxygen atoms in total. The molecule has 1 N–H and O–H groups in total. The zero-order valence-corrected chi connectivity index (χ0v) is 14.5. The molecule has 0 saturated carbocycles. The van der Waals surface area contributed by atoms with E-state index in [1.807, 2.05) is 49.8 Å². The molecule has 2 aromatic carbocycles. The largest absolute Gasteiger partial charge is 0.491 e. The summed E-state index contributed by atoms with van der Waals surface area (Å²) < 4.78 is 10.9. The van der Waals surface area contributed by atoms with Gasteiger partial charge in [-0.2, -0.15) is 0 Å². The van der Waals surface area contributed by atoms with Gasteiger partial charge in [0.15, 0.2) is 11.0 Å². The fraction of sp³-hybridized carbons (Fsp3) is 0.235. The zero-order valence-electron chi connectivity index (χ0n) is 12.3. The van der Waals surface area contributed by atoms with Gasteiger partial charge in [-0.1, -0.05) is 12.1 Å². The fourth-order valence-corrected chi connectivity index (χ4v) is 2.85. The number of aliphatic hydroxyl groups excluding tert-OH is 1. The zero-order chi connectivity index (χ0) is 15.5. The van der Waals surface area contributed by atoms with Crippen LogP contribution in [0.3, 0.4) is 0 Å². The molecule has 114 valence electrons. The lowest BCUT2D eigenvalue weighted by Crippen LogP contribution is -2.27. The van der Waals surface area contributed by atoms with Crippen LogP contribution in [-0.2, 0) is 13.6 Å². The number of hydrogen-bond acceptors (Lipinski definition) is 2. The number of fused-ring (bicyclic) bond motifs is 1. The predicted molar refractivity (Wildman–Crippen MR) is 93.8 cm³/mol. The molecule has 3 aromatic rings. The average molecular weight is 409 g/mol. The lowest BCUT2D eigenvalue weighted by molar-refractivity contribution is -0.645. The van der Waals surface area contributed by atoms with Crippen molar-refractivity contribution in [1.29, 1.82) is 0 Å². The van der Waals surface area contributed by atoms with E-state index in [2.05, 4.69) is 43.9 Å². The van der Waals surface area contributed by atoms with E-state index >= 15 is 0 Å². The van der Waals surface area contributed by atoms with Crippen LogP contribution in [0, 0.1) is 3.57 Å². The maximum absolute atomic E-state index is 10.2. The van der Waals surface area contributed by atoms with Crippen LogP contribution >= 0.6 is 22.6 Å². The fourth-order valence-electron chi connectivity index (χ4n) is 2.49. The minimum absolute atomic E-state index is 0.275. The van der Waals surface area contributed by atoms with Gasteiger partial charge >= 0.3 is 0 Å². The molecule has 0 amide bonds. The molecule has 1 atom stereocenters. The number of aliphatic hydroxyl groups is 1. The maximum Gasteiger partial charge on any atom is 0.244 e. The Balaban J connectivity index is 1.65. The molecule has 0 unspecified atom stereocenters. The second-order valence-electron chi connectivity index (χ2n) is 5.29. The van der Waals surface area contributed by atoms with Gasteiger partial charge in [-0.05, 0) is 59.0 Å². The molecule has 1 aromatic heterocycles. The molecule has 22 heavy (non-hydrogen) atoms. The average Bonchev–Trinajstić information content (AvgIpc) is 2.83. The minimum atomic E-state index is -0.560. The molecular weight excluding hydrogens is 391 g/mol. The summed E-state index contributed by atoms with van der Waals surface area (Å²) in [5.74, 6) is 0.780. The highest BCUT2D eigenvalue weighted by Crippen LogP contribution is 2.14. The number of aryl methyl sites for hydroxylation is 1. The van der Waals surface area contributed by atoms with E-state index in [0.29, 0.717) is 6.54 Å². The van der Waals surface area contributed by atoms with Crippen molar-refractivity contribution in [3.63, 3.8) is 0 Å². The monoisotopic (exact) mass is 409 g/mol. The van der Waals surface area contributed by atoms with Crippen molar-refractivity contribution in [2.24, 2.45) is 7.05 Å². The van der Waals surface area contributed by atoms with E-state index in [-0.39, 0.29) is 6.61 Å². The molecule has 0 bridgehead atoms. The SMILES string of the molecule is C[n+]1cn(C[C@@H](O)COc2ccc(I)cc2)c2ccccc21. The van der Waals surface area contributed by atoms with Gasteiger partial charge in [0.05, 0.1) is 7.05 Å². The quantitative estimate of drug-likeness (QED) is 0.520. The molecule has 3 rings (SSSR count). The number of imidazole rings is 1. The van der Waals surface area contributed by atoms with Gasteiger partial charge in [0.2, 0.25) is 6.33 Å². The summed E-state index contributed by atoms with van der Waals surface area (Å²) >= 11 is 2.25. The molecule has 5 heteroatoms. The van der Waals surface area contributed by atoms with Crippen LogP contribution in [0.4, 0.5) is 0 Å². The molecule has 0 aliphatic heterocycles. The first kappa shape index (κ1) is 15.3. The lowest BCUT2D eigenvalue weighted by Gasteiger charge is -2.11. The van der Waals surface area contributed by atoms with Gasteiger partial charge in [0.1, 0.15) is 25.0 Å². The van der Waals surface area contributed by atoms with E-state index in [0.717, 1.165) is 20.4 Å². The molecule has 0 saturated heterocycles. The van der Waals surface area contributed by atoms with E-state index in [1.165, 1.54) is 0 Å². The first-order chi connectivity index (χ1) is 10.6. The number of hydrogen-bond donors (Lipinski definition) is 1. The smallest absolute Gasteiger partial charge is 0.244 e. The second-order valence-corrected chi connectivity index (χ2v) is 6.53. The van der Waals surface area contributed by atoms with E-state index in [9.17, 15) is 5.11 Å². The first-order valence-electron chi connectivity index (χ1n) is 7.13. The van der Waals surface area contributed by atoms with Crippen molar-refractivity contribution in [2.45, 2.75) is 12.6 Å². The van der Waals surface area contributed by atoms with Crippen molar-refractivity contribution in [3.8, 4) is 5.75 Å². The number of halogens is 1. The third kappa shape index (κ3) is 3.41. The first-order valence-corrected chi connectivity index (χ1v) is 8.21. The Bertz CT molecular complexity index is 768. The van der Waals surface area contributed by atoms with Gasteiger partial charge in [-0.25, -0.2) is 9.13 Å². The highest BCUT2D eigenvalue weighted by molar-refractivity contribution is 14.1. The van der Waals surface area contributed by atoms with Crippen LogP contribution in [0.5, 0.6) is 5.75 Å². The Morgan fingerprint density at radius 3 is 2.68 bits per heavy atom. The summed E-state index contributed by atoms with van der Waals surface area (Å²) in [4.78, 5) is 0. The number of rotatable bonds is 5. The van der Waals surface area contributed by atoms with Crippen molar-refractivity contribution < 1.29 is 14.4 Å². The van der Waals surface area contributed by atoms with E-state index in [1.54, 1.807) is 0 Å². The summed E-state index contributed by atoms with van der Waals surface area (Å²) in [6.45, 7) is 0.780. The van der Waals surface area contributed by atoms with E-state index < -0.39 is 6.10 Å². The minimum Gasteiger partial charge on any atom is -0.491 e. The third-order valence-electron chi connectivity index (χ3n) is 3.55. The van der Waals surface area contributed by atoms with Gasteiger partial charge in [0, 0.05) is 3.57 Å². The number of benzene rings is 2. The van der Waals surface area contributed by atoms with Crippen LogP contribution in [0.2, 0.25) is 0 Å². The maximum atomic E-state index is 10.2. The third-order valence-corrected chi connectivity index (χ3v) is 4.27. The Morgan fingerprint density at radius 1 is 1.18 bits per heavy atom. The summed E-state index contributed by atoms with van der Waals surface area (Å²) in [5, 5.41) is 10.2. The van der Waals surface area contributed by atoms with Gasteiger partial charge < -0.3 is 9.84 Å². The molecule has 0 aliphatic carbocycles. The van der Waals surface area contributed by atoms with Crippen molar-refractivity contribution in [1.82, 2.24) is 4.57 Å². The van der Waals surface area contributed by atoms with Crippen LogP contribution in [0.15, 0.2) is 54.9 Å².